The fourth-order valence-corrected chi connectivity index (χ4v) is 3.02. The molecule has 0 unspecified atom stereocenters. The Morgan fingerprint density at radius 1 is 1.14 bits per heavy atom. The molecule has 21 heavy (non-hydrogen) atoms. The second-order valence-corrected chi connectivity index (χ2v) is 5.70. The molecule has 0 aliphatic carbocycles. The van der Waals surface area contributed by atoms with Gasteiger partial charge < -0.3 is 10.2 Å². The molecule has 2 heterocycles. The zero-order chi connectivity index (χ0) is 15.0. The predicted octanol–water partition coefficient (Wildman–Crippen LogP) is 2.70. The number of carbonyl (C=O) groups is 1. The lowest BCUT2D eigenvalue weighted by molar-refractivity contribution is -0.183. The second kappa shape index (κ2) is 5.33. The van der Waals surface area contributed by atoms with Crippen molar-refractivity contribution in [2.45, 2.75) is 32.1 Å². The molecule has 0 bridgehead atoms. The lowest BCUT2D eigenvalue weighted by Gasteiger charge is -2.33. The zero-order valence-corrected chi connectivity index (χ0v) is 11.5. The van der Waals surface area contributed by atoms with E-state index in [0.29, 0.717) is 5.56 Å². The Hall–Kier alpha value is -1.56. The smallest absolute Gasteiger partial charge is 0.339 e. The summed E-state index contributed by atoms with van der Waals surface area (Å²) in [7, 11) is 0. The first-order valence-electron chi connectivity index (χ1n) is 7.13. The average molecular weight is 298 g/mol. The predicted molar refractivity (Wildman–Crippen MR) is 71.7 cm³/mol. The van der Waals surface area contributed by atoms with Crippen LogP contribution in [0, 0.1) is 5.92 Å². The molecule has 1 fully saturated rings. The zero-order valence-electron chi connectivity index (χ0n) is 11.5. The summed E-state index contributed by atoms with van der Waals surface area (Å²) in [5.41, 5.74) is 2.86. The van der Waals surface area contributed by atoms with Gasteiger partial charge in [-0.25, -0.2) is 0 Å². The molecule has 6 heteroatoms. The molecule has 1 aromatic carbocycles. The van der Waals surface area contributed by atoms with Crippen LogP contribution in [-0.4, -0.2) is 30.1 Å². The fourth-order valence-electron chi connectivity index (χ4n) is 3.02. The van der Waals surface area contributed by atoms with Gasteiger partial charge in [0.25, 0.3) is 5.91 Å². The Labute approximate surface area is 121 Å². The number of benzene rings is 1. The molecule has 1 saturated heterocycles. The molecule has 0 spiro atoms. The van der Waals surface area contributed by atoms with Crippen molar-refractivity contribution in [2.75, 3.05) is 13.1 Å². The van der Waals surface area contributed by atoms with Gasteiger partial charge >= 0.3 is 6.18 Å². The van der Waals surface area contributed by atoms with Gasteiger partial charge in [0.1, 0.15) is 0 Å². The summed E-state index contributed by atoms with van der Waals surface area (Å²) >= 11 is 0. The van der Waals surface area contributed by atoms with E-state index < -0.39 is 12.1 Å². The minimum atomic E-state index is -4.14. The third kappa shape index (κ3) is 2.90. The molecule has 0 radical (unpaired) electrons. The highest BCUT2D eigenvalue weighted by Gasteiger charge is 2.41. The monoisotopic (exact) mass is 298 g/mol. The van der Waals surface area contributed by atoms with Gasteiger partial charge in [-0.1, -0.05) is 6.07 Å². The number of halogens is 3. The van der Waals surface area contributed by atoms with E-state index in [4.69, 9.17) is 0 Å². The normalized spacial score (nSPS) is 19.7. The van der Waals surface area contributed by atoms with Crippen molar-refractivity contribution in [1.29, 1.82) is 0 Å². The van der Waals surface area contributed by atoms with Crippen LogP contribution in [0.1, 0.15) is 34.3 Å². The van der Waals surface area contributed by atoms with Gasteiger partial charge in [-0.2, -0.15) is 13.2 Å². The van der Waals surface area contributed by atoms with E-state index in [0.717, 1.165) is 18.7 Å². The number of carbonyl (C=O) groups excluding carboxylic acids is 1. The van der Waals surface area contributed by atoms with Gasteiger partial charge in [0.2, 0.25) is 0 Å². The summed E-state index contributed by atoms with van der Waals surface area (Å²) in [6.45, 7) is 1.91. The maximum absolute atomic E-state index is 12.6. The van der Waals surface area contributed by atoms with Gasteiger partial charge in [0.05, 0.1) is 5.92 Å². The van der Waals surface area contributed by atoms with Crippen LogP contribution in [0.2, 0.25) is 0 Å². The number of alkyl halides is 3. The summed E-state index contributed by atoms with van der Waals surface area (Å²) in [4.78, 5) is 13.9. The molecule has 0 saturated carbocycles. The summed E-state index contributed by atoms with van der Waals surface area (Å²) in [5, 5.41) is 3.21. The molecule has 114 valence electrons. The summed E-state index contributed by atoms with van der Waals surface area (Å²) in [6.07, 6.45) is -4.14. The molecule has 1 amide bonds. The first kappa shape index (κ1) is 14.4. The van der Waals surface area contributed by atoms with E-state index in [2.05, 4.69) is 5.32 Å². The number of likely N-dealkylation sites (tertiary alicyclic amines) is 1. The number of rotatable bonds is 1. The quantitative estimate of drug-likeness (QED) is 0.864. The molecule has 0 aromatic heterocycles. The molecule has 0 atom stereocenters. The lowest BCUT2D eigenvalue weighted by Crippen LogP contribution is -2.42. The number of nitrogens with zero attached hydrogens (tertiary/aromatic N) is 1. The Balaban J connectivity index is 1.67. The third-order valence-electron chi connectivity index (χ3n) is 4.33. The maximum atomic E-state index is 12.6. The molecule has 1 N–H and O–H groups in total. The maximum Gasteiger partial charge on any atom is 0.391 e. The Kier molecular flexibility index (Phi) is 3.65. The van der Waals surface area contributed by atoms with Crippen molar-refractivity contribution in [1.82, 2.24) is 10.2 Å². The number of nitrogens with one attached hydrogen (secondary N) is 1. The molecular weight excluding hydrogens is 281 g/mol. The topological polar surface area (TPSA) is 32.3 Å². The molecule has 1 aromatic rings. The molecule has 3 rings (SSSR count). The van der Waals surface area contributed by atoms with Crippen molar-refractivity contribution in [3.8, 4) is 0 Å². The van der Waals surface area contributed by atoms with Gasteiger partial charge in [-0.15, -0.1) is 0 Å². The first-order valence-corrected chi connectivity index (χ1v) is 7.13. The van der Waals surface area contributed by atoms with Crippen molar-refractivity contribution < 1.29 is 18.0 Å². The Morgan fingerprint density at radius 2 is 1.81 bits per heavy atom. The van der Waals surface area contributed by atoms with E-state index in [1.54, 1.807) is 6.07 Å². The van der Waals surface area contributed by atoms with Crippen LogP contribution >= 0.6 is 0 Å². The minimum absolute atomic E-state index is 0.00172. The van der Waals surface area contributed by atoms with Gasteiger partial charge in [-0.3, -0.25) is 4.79 Å². The largest absolute Gasteiger partial charge is 0.391 e. The third-order valence-corrected chi connectivity index (χ3v) is 4.33. The second-order valence-electron chi connectivity index (χ2n) is 5.70. The fraction of sp³-hybridized carbons (Fsp3) is 0.533. The summed E-state index contributed by atoms with van der Waals surface area (Å²) < 4.78 is 37.9. The molecule has 3 nitrogen and oxygen atoms in total. The summed E-state index contributed by atoms with van der Waals surface area (Å²) in [5.74, 6) is -1.43. The van der Waals surface area contributed by atoms with Crippen LogP contribution in [0.25, 0.3) is 0 Å². The van der Waals surface area contributed by atoms with Crippen molar-refractivity contribution in [3.05, 3.63) is 34.9 Å². The Morgan fingerprint density at radius 3 is 2.48 bits per heavy atom. The minimum Gasteiger partial charge on any atom is -0.339 e. The van der Waals surface area contributed by atoms with Crippen molar-refractivity contribution in [3.63, 3.8) is 0 Å². The highest BCUT2D eigenvalue weighted by Crippen LogP contribution is 2.34. The molecule has 2 aliphatic rings. The highest BCUT2D eigenvalue weighted by atomic mass is 19.4. The summed E-state index contributed by atoms with van der Waals surface area (Å²) in [6, 6.07) is 5.54. The number of fused-ring (bicyclic) bond motifs is 1. The van der Waals surface area contributed by atoms with Crippen LogP contribution < -0.4 is 5.32 Å². The van der Waals surface area contributed by atoms with Crippen LogP contribution in [0.4, 0.5) is 13.2 Å². The van der Waals surface area contributed by atoms with E-state index in [9.17, 15) is 18.0 Å². The van der Waals surface area contributed by atoms with E-state index in [1.807, 2.05) is 12.1 Å². The average Bonchev–Trinajstić information content (AvgIpc) is 2.93. The van der Waals surface area contributed by atoms with Crippen molar-refractivity contribution >= 4 is 5.91 Å². The van der Waals surface area contributed by atoms with Gasteiger partial charge in [0.15, 0.2) is 0 Å². The van der Waals surface area contributed by atoms with Gasteiger partial charge in [-0.05, 0) is 36.1 Å². The van der Waals surface area contributed by atoms with Gasteiger partial charge in [0, 0.05) is 31.7 Å². The van der Waals surface area contributed by atoms with Crippen LogP contribution in [0.15, 0.2) is 18.2 Å². The van der Waals surface area contributed by atoms with Crippen LogP contribution in [0.5, 0.6) is 0 Å². The number of hydrogen-bond donors (Lipinski definition) is 1. The van der Waals surface area contributed by atoms with Crippen LogP contribution in [-0.2, 0) is 13.1 Å². The molecular formula is C15H17F3N2O. The van der Waals surface area contributed by atoms with Crippen LogP contribution in [0.3, 0.4) is 0 Å². The number of piperidine rings is 1. The number of amides is 1. The lowest BCUT2D eigenvalue weighted by atomic mass is 9.95. The molecule has 2 aliphatic heterocycles. The Bertz CT molecular complexity index is 548. The number of hydrogen-bond acceptors (Lipinski definition) is 2. The highest BCUT2D eigenvalue weighted by molar-refractivity contribution is 5.94. The standard InChI is InChI=1S/C15H17F3N2O/c16-15(17,18)13-3-5-20(6-4-13)14(21)10-1-2-11-8-19-9-12(11)7-10/h1-2,7,13,19H,3-6,8-9H2. The van der Waals surface area contributed by atoms with E-state index >= 15 is 0 Å². The van der Waals surface area contributed by atoms with E-state index in [1.165, 1.54) is 10.5 Å². The first-order chi connectivity index (χ1) is 9.95. The van der Waals surface area contributed by atoms with Crippen molar-refractivity contribution in [2.24, 2.45) is 5.92 Å². The SMILES string of the molecule is O=C(c1ccc2c(c1)CNC2)N1CCC(C(F)(F)F)CC1. The van der Waals surface area contributed by atoms with E-state index in [-0.39, 0.29) is 31.8 Å².